The van der Waals surface area contributed by atoms with Gasteiger partial charge in [0.2, 0.25) is 17.7 Å². The van der Waals surface area contributed by atoms with Gasteiger partial charge < -0.3 is 20.7 Å². The minimum Gasteiger partial charge on any atom is -0.459 e. The summed E-state index contributed by atoms with van der Waals surface area (Å²) in [4.78, 5) is 66.5. The van der Waals surface area contributed by atoms with Gasteiger partial charge in [-0.3, -0.25) is 24.5 Å². The van der Waals surface area contributed by atoms with Crippen molar-refractivity contribution in [1.82, 2.24) is 16.0 Å². The number of carbonyl (C=O) groups excluding carboxylic acids is 4. The second-order valence-corrected chi connectivity index (χ2v) is 14.1. The number of rotatable bonds is 17. The molecule has 0 atom stereocenters. The van der Waals surface area contributed by atoms with E-state index >= 15 is 0 Å². The van der Waals surface area contributed by atoms with Crippen molar-refractivity contribution in [3.8, 4) is 0 Å². The minimum atomic E-state index is -1.39. The van der Waals surface area contributed by atoms with Crippen LogP contribution in [0.4, 0.5) is 5.69 Å². The van der Waals surface area contributed by atoms with Gasteiger partial charge in [-0.1, -0.05) is 96.1 Å². The van der Waals surface area contributed by atoms with Crippen molar-refractivity contribution >= 4 is 61.7 Å². The number of nitrogens with one attached hydrogen (secondary N) is 3. The zero-order valence-corrected chi connectivity index (χ0v) is 32.0. The normalized spacial score (nSPS) is 12.2. The molecule has 0 fully saturated rings. The van der Waals surface area contributed by atoms with E-state index in [4.69, 9.17) is 4.74 Å². The lowest BCUT2D eigenvalue weighted by Gasteiger charge is -2.40. The first-order valence-electron chi connectivity index (χ1n) is 18.9. The van der Waals surface area contributed by atoms with Gasteiger partial charge in [-0.25, -0.2) is 4.79 Å². The van der Waals surface area contributed by atoms with E-state index in [2.05, 4.69) is 52.3 Å². The van der Waals surface area contributed by atoms with Crippen LogP contribution in [0.2, 0.25) is 0 Å². The van der Waals surface area contributed by atoms with E-state index in [0.29, 0.717) is 5.56 Å². The van der Waals surface area contributed by atoms with Gasteiger partial charge in [0.15, 0.2) is 0 Å². The summed E-state index contributed by atoms with van der Waals surface area (Å²) in [6.45, 7) is 10.7. The van der Waals surface area contributed by atoms with E-state index in [1.807, 2.05) is 32.0 Å². The van der Waals surface area contributed by atoms with Gasteiger partial charge in [-0.05, 0) is 94.1 Å². The molecule has 0 aliphatic carbocycles. The van der Waals surface area contributed by atoms with Crippen LogP contribution < -0.4 is 16.0 Å². The van der Waals surface area contributed by atoms with Crippen molar-refractivity contribution in [3.63, 3.8) is 0 Å². The molecule has 0 saturated heterocycles. The SMILES string of the molecule is CCC(CC)(NC(=O)Cc1ccc2ccc3cccc4ccc1c2c34)C(=O)NC(CC)(CC)C(=O)NC(CC)(CC)C(=O)OCc1ccc([N+](=O)[O-])cc1. The molecule has 0 aliphatic heterocycles. The smallest absolute Gasteiger partial charge is 0.332 e. The number of non-ortho nitro benzene ring substituents is 1. The van der Waals surface area contributed by atoms with Gasteiger partial charge >= 0.3 is 5.97 Å². The van der Waals surface area contributed by atoms with E-state index in [0.717, 1.165) is 37.9 Å². The van der Waals surface area contributed by atoms with Gasteiger partial charge in [-0.2, -0.15) is 0 Å². The Morgan fingerprint density at radius 3 is 1.63 bits per heavy atom. The molecular formula is C43H50N4O7. The fourth-order valence-electron chi connectivity index (χ4n) is 7.48. The van der Waals surface area contributed by atoms with Crippen molar-refractivity contribution in [2.45, 2.75) is 110 Å². The maximum Gasteiger partial charge on any atom is 0.332 e. The molecule has 284 valence electrons. The van der Waals surface area contributed by atoms with E-state index in [9.17, 15) is 29.3 Å². The van der Waals surface area contributed by atoms with Crippen LogP contribution in [0.3, 0.4) is 0 Å². The Kier molecular flexibility index (Phi) is 11.9. The fraction of sp³-hybridized carbons (Fsp3) is 0.395. The van der Waals surface area contributed by atoms with Crippen LogP contribution in [0.25, 0.3) is 32.3 Å². The highest BCUT2D eigenvalue weighted by molar-refractivity contribution is 6.23. The maximum atomic E-state index is 14.3. The zero-order valence-electron chi connectivity index (χ0n) is 32.0. The van der Waals surface area contributed by atoms with Crippen LogP contribution in [-0.2, 0) is 36.9 Å². The molecule has 0 aliphatic rings. The quantitative estimate of drug-likeness (QED) is 0.0381. The summed E-state index contributed by atoms with van der Waals surface area (Å²) in [7, 11) is 0. The molecular weight excluding hydrogens is 684 g/mol. The number of nitro benzene ring substituents is 1. The summed E-state index contributed by atoms with van der Waals surface area (Å²) in [6, 6.07) is 24.2. The number of esters is 1. The van der Waals surface area contributed by atoms with Gasteiger partial charge in [-0.15, -0.1) is 0 Å². The van der Waals surface area contributed by atoms with Crippen molar-refractivity contribution in [2.75, 3.05) is 0 Å². The number of ether oxygens (including phenoxy) is 1. The first kappa shape index (κ1) is 39.6. The molecule has 0 radical (unpaired) electrons. The van der Waals surface area contributed by atoms with E-state index < -0.39 is 39.3 Å². The number of nitrogens with zero attached hydrogens (tertiary/aromatic N) is 1. The number of hydrogen-bond acceptors (Lipinski definition) is 7. The Bertz CT molecular complexity index is 2150. The third-order valence-electron chi connectivity index (χ3n) is 11.5. The Morgan fingerprint density at radius 1 is 0.611 bits per heavy atom. The second kappa shape index (κ2) is 16.2. The number of amides is 3. The lowest BCUT2D eigenvalue weighted by Crippen LogP contribution is -2.68. The molecule has 0 saturated carbocycles. The Hall–Kier alpha value is -5.58. The Morgan fingerprint density at radius 2 is 1.09 bits per heavy atom. The van der Waals surface area contributed by atoms with Gasteiger partial charge in [0.25, 0.3) is 5.69 Å². The van der Waals surface area contributed by atoms with Crippen molar-refractivity contribution in [2.24, 2.45) is 0 Å². The highest BCUT2D eigenvalue weighted by Gasteiger charge is 2.47. The summed E-state index contributed by atoms with van der Waals surface area (Å²) >= 11 is 0. The summed E-state index contributed by atoms with van der Waals surface area (Å²) in [5, 5.41) is 26.6. The molecule has 54 heavy (non-hydrogen) atoms. The van der Waals surface area contributed by atoms with Gasteiger partial charge in [0, 0.05) is 12.1 Å². The van der Waals surface area contributed by atoms with E-state index in [1.54, 1.807) is 27.7 Å². The predicted octanol–water partition coefficient (Wildman–Crippen LogP) is 7.80. The number of benzene rings is 5. The van der Waals surface area contributed by atoms with Crippen LogP contribution >= 0.6 is 0 Å². The van der Waals surface area contributed by atoms with Crippen molar-refractivity contribution in [1.29, 1.82) is 0 Å². The van der Waals surface area contributed by atoms with Crippen molar-refractivity contribution in [3.05, 3.63) is 100 Å². The molecule has 3 amide bonds. The lowest BCUT2D eigenvalue weighted by atomic mass is 9.84. The standard InChI is InChI=1S/C43H50N4O7/c1-7-41(8-2,44-35(48)26-32-21-20-31-19-18-29-14-13-15-30-22-25-34(32)37(31)36(29)30)38(49)45-42(9-3,10-4)39(50)46-43(11-5,12-6)40(51)54-27-28-16-23-33(24-17-28)47(52)53/h13-25H,7-12,26-27H2,1-6H3,(H,44,48)(H,45,49)(H,46,50). The van der Waals surface area contributed by atoms with E-state index in [1.165, 1.54) is 24.3 Å². The highest BCUT2D eigenvalue weighted by Crippen LogP contribution is 2.36. The van der Waals surface area contributed by atoms with Gasteiger partial charge in [0.1, 0.15) is 23.2 Å². The lowest BCUT2D eigenvalue weighted by molar-refractivity contribution is -0.384. The zero-order chi connectivity index (χ0) is 39.3. The number of nitro groups is 1. The third kappa shape index (κ3) is 7.44. The molecule has 0 spiro atoms. The average molecular weight is 735 g/mol. The summed E-state index contributed by atoms with van der Waals surface area (Å²) in [5.41, 5.74) is -2.75. The molecule has 0 aromatic heterocycles. The van der Waals surface area contributed by atoms with Crippen LogP contribution in [0.15, 0.2) is 78.9 Å². The number of carbonyl (C=O) groups is 4. The summed E-state index contributed by atoms with van der Waals surface area (Å²) < 4.78 is 5.62. The van der Waals surface area contributed by atoms with Gasteiger partial charge in [0.05, 0.1) is 11.3 Å². The molecule has 5 aromatic rings. The molecule has 5 rings (SSSR count). The molecule has 0 unspecified atom stereocenters. The van der Waals surface area contributed by atoms with Crippen LogP contribution in [0.5, 0.6) is 0 Å². The number of hydrogen-bond donors (Lipinski definition) is 3. The average Bonchev–Trinajstić information content (AvgIpc) is 3.19. The van der Waals surface area contributed by atoms with Crippen molar-refractivity contribution < 1.29 is 28.8 Å². The monoisotopic (exact) mass is 734 g/mol. The summed E-state index contributed by atoms with van der Waals surface area (Å²) in [5.74, 6) is -1.96. The first-order chi connectivity index (χ1) is 25.8. The minimum absolute atomic E-state index is 0.0634. The predicted molar refractivity (Wildman–Crippen MR) is 211 cm³/mol. The largest absolute Gasteiger partial charge is 0.459 e. The van der Waals surface area contributed by atoms with E-state index in [-0.39, 0.29) is 63.1 Å². The Labute approximate surface area is 315 Å². The molecule has 11 heteroatoms. The molecule has 11 nitrogen and oxygen atoms in total. The topological polar surface area (TPSA) is 157 Å². The second-order valence-electron chi connectivity index (χ2n) is 14.1. The van der Waals surface area contributed by atoms with Crippen LogP contribution in [0.1, 0.15) is 91.2 Å². The molecule has 3 N–H and O–H groups in total. The Balaban J connectivity index is 1.33. The maximum absolute atomic E-state index is 14.3. The first-order valence-corrected chi connectivity index (χ1v) is 18.9. The molecule has 0 bridgehead atoms. The summed E-state index contributed by atoms with van der Waals surface area (Å²) in [6.07, 6.45) is 1.53. The van der Waals surface area contributed by atoms with Crippen LogP contribution in [-0.4, -0.2) is 45.2 Å². The molecule has 0 heterocycles. The highest BCUT2D eigenvalue weighted by atomic mass is 16.6. The molecule has 5 aromatic carbocycles. The third-order valence-corrected chi connectivity index (χ3v) is 11.5. The van der Waals surface area contributed by atoms with Crippen LogP contribution in [0, 0.1) is 10.1 Å². The fourth-order valence-corrected chi connectivity index (χ4v) is 7.48.